The maximum Gasteiger partial charge on any atom is 0.00387 e. The van der Waals surface area contributed by atoms with Crippen LogP contribution in [-0.4, -0.2) is 72.6 Å². The second kappa shape index (κ2) is 7.41. The fraction of sp³-hybridized carbons (Fsp3) is 1.00. The molecule has 0 bridgehead atoms. The summed E-state index contributed by atoms with van der Waals surface area (Å²) in [6.07, 6.45) is 7.23. The Labute approximate surface area is 144 Å². The lowest BCUT2D eigenvalue weighted by molar-refractivity contribution is 0.0212. The number of hydrogen-bond acceptors (Lipinski definition) is 3. The van der Waals surface area contributed by atoms with Gasteiger partial charge in [0.05, 0.1) is 0 Å². The average Bonchev–Trinajstić information content (AvgIpc) is 2.99. The molecule has 0 aromatic heterocycles. The number of rotatable bonds is 4. The Hall–Kier alpha value is -0.120. The third-order valence-electron chi connectivity index (χ3n) is 7.07. The Bertz CT molecular complexity index is 361. The van der Waals surface area contributed by atoms with Gasteiger partial charge >= 0.3 is 0 Å². The van der Waals surface area contributed by atoms with E-state index in [1.807, 2.05) is 0 Å². The first-order valence-corrected chi connectivity index (χ1v) is 10.2. The Kier molecular flexibility index (Phi) is 5.70. The first-order valence-electron chi connectivity index (χ1n) is 10.2. The van der Waals surface area contributed by atoms with Crippen LogP contribution in [0.2, 0.25) is 0 Å². The van der Waals surface area contributed by atoms with Crippen molar-refractivity contribution in [2.24, 2.45) is 11.3 Å². The number of nitrogens with zero attached hydrogens (tertiary/aromatic N) is 3. The Morgan fingerprint density at radius 2 is 1.35 bits per heavy atom. The van der Waals surface area contributed by atoms with Gasteiger partial charge in [0.1, 0.15) is 0 Å². The molecule has 3 nitrogen and oxygen atoms in total. The van der Waals surface area contributed by atoms with Crippen LogP contribution in [-0.2, 0) is 0 Å². The molecule has 0 radical (unpaired) electrons. The second-order valence-electron chi connectivity index (χ2n) is 9.17. The number of hydrogen-bond donors (Lipinski definition) is 0. The summed E-state index contributed by atoms with van der Waals surface area (Å²) in [5.41, 5.74) is 0.696. The van der Waals surface area contributed by atoms with Gasteiger partial charge in [0.2, 0.25) is 0 Å². The molecule has 0 amide bonds. The molecule has 1 atom stereocenters. The minimum atomic E-state index is 0.696. The van der Waals surface area contributed by atoms with Crippen LogP contribution in [0.25, 0.3) is 0 Å². The van der Waals surface area contributed by atoms with E-state index >= 15 is 0 Å². The van der Waals surface area contributed by atoms with Crippen molar-refractivity contribution in [1.29, 1.82) is 0 Å². The van der Waals surface area contributed by atoms with Gasteiger partial charge in [-0.15, -0.1) is 0 Å². The largest absolute Gasteiger partial charge is 0.303 e. The quantitative estimate of drug-likeness (QED) is 0.786. The highest BCUT2D eigenvalue weighted by Crippen LogP contribution is 2.41. The standard InChI is InChI=1S/C20H39N3/c1-17(2)22-13-8-20(9-14-22)6-11-21(12-7-20)15-19-5-10-23(16-19)18(3)4/h17-19H,5-16H2,1-4H3. The van der Waals surface area contributed by atoms with E-state index < -0.39 is 0 Å². The van der Waals surface area contributed by atoms with E-state index in [9.17, 15) is 0 Å². The number of likely N-dealkylation sites (tertiary alicyclic amines) is 3. The molecule has 0 aromatic carbocycles. The predicted molar refractivity (Wildman–Crippen MR) is 98.9 cm³/mol. The van der Waals surface area contributed by atoms with Crippen molar-refractivity contribution in [2.45, 2.75) is 71.9 Å². The minimum absolute atomic E-state index is 0.696. The SMILES string of the molecule is CC(C)N1CCC2(CCN(CC3CCN(C(C)C)C3)CC2)CC1. The minimum Gasteiger partial charge on any atom is -0.303 e. The molecule has 3 saturated heterocycles. The van der Waals surface area contributed by atoms with Crippen molar-refractivity contribution in [3.8, 4) is 0 Å². The van der Waals surface area contributed by atoms with Crippen LogP contribution in [0.15, 0.2) is 0 Å². The molecule has 3 aliphatic heterocycles. The van der Waals surface area contributed by atoms with Crippen molar-refractivity contribution >= 4 is 0 Å². The van der Waals surface area contributed by atoms with Gasteiger partial charge in [-0.3, -0.25) is 0 Å². The van der Waals surface area contributed by atoms with Crippen molar-refractivity contribution in [3.63, 3.8) is 0 Å². The Balaban J connectivity index is 1.41. The van der Waals surface area contributed by atoms with Crippen LogP contribution in [0.3, 0.4) is 0 Å². The van der Waals surface area contributed by atoms with E-state index in [0.29, 0.717) is 5.41 Å². The second-order valence-corrected chi connectivity index (χ2v) is 9.17. The van der Waals surface area contributed by atoms with Crippen molar-refractivity contribution in [1.82, 2.24) is 14.7 Å². The summed E-state index contributed by atoms with van der Waals surface area (Å²) in [4.78, 5) is 8.13. The molecule has 0 aromatic rings. The summed E-state index contributed by atoms with van der Waals surface area (Å²) >= 11 is 0. The van der Waals surface area contributed by atoms with Crippen LogP contribution in [0.4, 0.5) is 0 Å². The van der Waals surface area contributed by atoms with E-state index in [1.165, 1.54) is 77.9 Å². The van der Waals surface area contributed by atoms with Gasteiger partial charge in [0, 0.05) is 25.2 Å². The molecule has 3 fully saturated rings. The number of piperidine rings is 2. The van der Waals surface area contributed by atoms with Crippen molar-refractivity contribution < 1.29 is 0 Å². The fourth-order valence-electron chi connectivity index (χ4n) is 5.07. The molecule has 1 spiro atoms. The fourth-order valence-corrected chi connectivity index (χ4v) is 5.07. The molecule has 1 unspecified atom stereocenters. The third-order valence-corrected chi connectivity index (χ3v) is 7.07. The molecule has 0 N–H and O–H groups in total. The molecule has 0 aliphatic carbocycles. The van der Waals surface area contributed by atoms with Gasteiger partial charge < -0.3 is 14.7 Å². The molecule has 3 aliphatic rings. The molecule has 3 heterocycles. The first kappa shape index (κ1) is 17.7. The molecule has 3 rings (SSSR count). The third kappa shape index (κ3) is 4.29. The summed E-state index contributed by atoms with van der Waals surface area (Å²) in [6.45, 7) is 18.8. The zero-order chi connectivity index (χ0) is 16.4. The van der Waals surface area contributed by atoms with Crippen LogP contribution in [0, 0.1) is 11.3 Å². The Morgan fingerprint density at radius 3 is 1.87 bits per heavy atom. The average molecular weight is 322 g/mol. The summed E-state index contributed by atoms with van der Waals surface area (Å²) in [6, 6.07) is 1.47. The molecule has 0 saturated carbocycles. The van der Waals surface area contributed by atoms with Crippen LogP contribution < -0.4 is 0 Å². The molecular formula is C20H39N3. The first-order chi connectivity index (χ1) is 11.0. The normalized spacial score (nSPS) is 30.8. The van der Waals surface area contributed by atoms with Gasteiger partial charge in [0.25, 0.3) is 0 Å². The predicted octanol–water partition coefficient (Wildman–Crippen LogP) is 3.30. The summed E-state index contributed by atoms with van der Waals surface area (Å²) in [5, 5.41) is 0. The smallest absolute Gasteiger partial charge is 0.00387 e. The zero-order valence-electron chi connectivity index (χ0n) is 16.1. The van der Waals surface area contributed by atoms with Gasteiger partial charge in [-0.2, -0.15) is 0 Å². The van der Waals surface area contributed by atoms with Crippen LogP contribution in [0.5, 0.6) is 0 Å². The maximum atomic E-state index is 2.79. The van der Waals surface area contributed by atoms with Crippen LogP contribution in [0.1, 0.15) is 59.8 Å². The van der Waals surface area contributed by atoms with Gasteiger partial charge in [-0.1, -0.05) is 0 Å². The lowest BCUT2D eigenvalue weighted by Gasteiger charge is -2.48. The van der Waals surface area contributed by atoms with Crippen molar-refractivity contribution in [2.75, 3.05) is 45.8 Å². The van der Waals surface area contributed by atoms with Crippen molar-refractivity contribution in [3.05, 3.63) is 0 Å². The molecule has 134 valence electrons. The maximum absolute atomic E-state index is 2.79. The van der Waals surface area contributed by atoms with Crippen LogP contribution >= 0.6 is 0 Å². The molecular weight excluding hydrogens is 282 g/mol. The summed E-state index contributed by atoms with van der Waals surface area (Å²) in [5.74, 6) is 0.925. The zero-order valence-corrected chi connectivity index (χ0v) is 16.1. The lowest BCUT2D eigenvalue weighted by atomic mass is 9.71. The van der Waals surface area contributed by atoms with Gasteiger partial charge in [-0.05, 0) is 104 Å². The lowest BCUT2D eigenvalue weighted by Crippen LogP contribution is -2.49. The summed E-state index contributed by atoms with van der Waals surface area (Å²) < 4.78 is 0. The van der Waals surface area contributed by atoms with E-state index in [4.69, 9.17) is 0 Å². The molecule has 3 heteroatoms. The topological polar surface area (TPSA) is 9.72 Å². The Morgan fingerprint density at radius 1 is 0.783 bits per heavy atom. The van der Waals surface area contributed by atoms with Gasteiger partial charge in [-0.25, -0.2) is 0 Å². The van der Waals surface area contributed by atoms with E-state index in [2.05, 4.69) is 42.4 Å². The van der Waals surface area contributed by atoms with E-state index in [0.717, 1.165) is 18.0 Å². The highest BCUT2D eigenvalue weighted by atomic mass is 15.2. The van der Waals surface area contributed by atoms with E-state index in [-0.39, 0.29) is 0 Å². The van der Waals surface area contributed by atoms with Gasteiger partial charge in [0.15, 0.2) is 0 Å². The monoisotopic (exact) mass is 321 g/mol. The highest BCUT2D eigenvalue weighted by molar-refractivity contribution is 4.92. The highest BCUT2D eigenvalue weighted by Gasteiger charge is 2.38. The van der Waals surface area contributed by atoms with E-state index in [1.54, 1.807) is 0 Å². The summed E-state index contributed by atoms with van der Waals surface area (Å²) in [7, 11) is 0. The molecule has 23 heavy (non-hydrogen) atoms.